The van der Waals surface area contributed by atoms with E-state index in [4.69, 9.17) is 4.74 Å². The molecule has 0 unspecified atom stereocenters. The van der Waals surface area contributed by atoms with Gasteiger partial charge >= 0.3 is 12.0 Å². The predicted molar refractivity (Wildman–Crippen MR) is 126 cm³/mol. The van der Waals surface area contributed by atoms with Crippen LogP contribution in [0.1, 0.15) is 32.7 Å². The molecule has 8 heteroatoms. The first kappa shape index (κ1) is 23.0. The summed E-state index contributed by atoms with van der Waals surface area (Å²) in [4.78, 5) is 41.4. The van der Waals surface area contributed by atoms with Crippen molar-refractivity contribution in [1.29, 1.82) is 0 Å². The van der Waals surface area contributed by atoms with Gasteiger partial charge in [-0.15, -0.1) is 0 Å². The summed E-state index contributed by atoms with van der Waals surface area (Å²) in [6, 6.07) is 19.3. The number of para-hydroxylation sites is 1. The van der Waals surface area contributed by atoms with E-state index >= 15 is 0 Å². The fourth-order valence-corrected chi connectivity index (χ4v) is 3.87. The molecule has 3 aromatic carbocycles. The summed E-state index contributed by atoms with van der Waals surface area (Å²) in [5.41, 5.74) is 2.37. The molecular weight excluding hydrogens is 437 g/mol. The molecule has 0 bridgehead atoms. The number of urea groups is 1. The first-order valence-electron chi connectivity index (χ1n) is 10.9. The Kier molecular flexibility index (Phi) is 6.87. The Morgan fingerprint density at radius 1 is 1.00 bits per heavy atom. The maximum Gasteiger partial charge on any atom is 0.339 e. The van der Waals surface area contributed by atoms with Crippen molar-refractivity contribution in [3.63, 3.8) is 0 Å². The summed E-state index contributed by atoms with van der Waals surface area (Å²) < 4.78 is 18.0. The van der Waals surface area contributed by atoms with Gasteiger partial charge in [-0.2, -0.15) is 0 Å². The molecule has 1 heterocycles. The number of ether oxygens (including phenoxy) is 1. The number of halogens is 1. The lowest BCUT2D eigenvalue weighted by Crippen LogP contribution is -2.49. The molecule has 0 aliphatic carbocycles. The van der Waals surface area contributed by atoms with Crippen molar-refractivity contribution < 1.29 is 23.5 Å². The standard InChI is InChI=1S/C26H24FN3O4/c1-34-25(32)22-8-2-3-9-23(22)28-24(31)19-6-4-7-21(16-19)30-15-5-14-29(26(30)33)17-18-10-12-20(27)13-11-18/h2-4,6-13,16H,5,14-15,17H2,1H3,(H,28,31). The Bertz CT molecular complexity index is 1210. The Morgan fingerprint density at radius 2 is 1.76 bits per heavy atom. The van der Waals surface area contributed by atoms with Gasteiger partial charge in [-0.3, -0.25) is 9.69 Å². The molecule has 1 fully saturated rings. The lowest BCUT2D eigenvalue weighted by Gasteiger charge is -2.35. The van der Waals surface area contributed by atoms with E-state index in [9.17, 15) is 18.8 Å². The van der Waals surface area contributed by atoms with Crippen molar-refractivity contribution in [1.82, 2.24) is 4.90 Å². The van der Waals surface area contributed by atoms with Crippen molar-refractivity contribution in [2.75, 3.05) is 30.4 Å². The third-order valence-electron chi connectivity index (χ3n) is 5.60. The number of hydrogen-bond donors (Lipinski definition) is 1. The fraction of sp³-hybridized carbons (Fsp3) is 0.192. The normalized spacial score (nSPS) is 13.5. The van der Waals surface area contributed by atoms with Gasteiger partial charge in [0, 0.05) is 30.9 Å². The predicted octanol–water partition coefficient (Wildman–Crippen LogP) is 4.70. The lowest BCUT2D eigenvalue weighted by molar-refractivity contribution is 0.0602. The number of nitrogens with zero attached hydrogens (tertiary/aromatic N) is 2. The van der Waals surface area contributed by atoms with Gasteiger partial charge in [0.15, 0.2) is 0 Å². The zero-order valence-electron chi connectivity index (χ0n) is 18.7. The monoisotopic (exact) mass is 461 g/mol. The highest BCUT2D eigenvalue weighted by molar-refractivity contribution is 6.08. The zero-order valence-corrected chi connectivity index (χ0v) is 18.7. The first-order chi connectivity index (χ1) is 16.5. The SMILES string of the molecule is COC(=O)c1ccccc1NC(=O)c1cccc(N2CCCN(Cc3ccc(F)cc3)C2=O)c1. The molecule has 7 nitrogen and oxygen atoms in total. The summed E-state index contributed by atoms with van der Waals surface area (Å²) in [6.07, 6.45) is 0.760. The van der Waals surface area contributed by atoms with E-state index in [1.54, 1.807) is 70.5 Å². The Balaban J connectivity index is 1.50. The summed E-state index contributed by atoms with van der Waals surface area (Å²) in [7, 11) is 1.28. The highest BCUT2D eigenvalue weighted by Gasteiger charge is 2.27. The third kappa shape index (κ3) is 5.06. The maximum atomic E-state index is 13.2. The van der Waals surface area contributed by atoms with Gasteiger partial charge in [0.05, 0.1) is 18.4 Å². The number of carbonyl (C=O) groups excluding carboxylic acids is 3. The van der Waals surface area contributed by atoms with Crippen LogP contribution in [0.15, 0.2) is 72.8 Å². The molecule has 1 saturated heterocycles. The topological polar surface area (TPSA) is 79.0 Å². The van der Waals surface area contributed by atoms with Crippen LogP contribution < -0.4 is 10.2 Å². The fourth-order valence-electron chi connectivity index (χ4n) is 3.87. The molecule has 1 N–H and O–H groups in total. The Morgan fingerprint density at radius 3 is 2.53 bits per heavy atom. The third-order valence-corrected chi connectivity index (χ3v) is 5.60. The smallest absolute Gasteiger partial charge is 0.339 e. The average molecular weight is 461 g/mol. The molecule has 0 atom stereocenters. The number of benzene rings is 3. The maximum absolute atomic E-state index is 13.2. The van der Waals surface area contributed by atoms with Crippen molar-refractivity contribution in [3.05, 3.63) is 95.3 Å². The Labute approximate surface area is 196 Å². The van der Waals surface area contributed by atoms with Crippen LogP contribution in [0.4, 0.5) is 20.6 Å². The molecule has 1 aliphatic heterocycles. The first-order valence-corrected chi connectivity index (χ1v) is 10.9. The number of nitrogens with one attached hydrogen (secondary N) is 1. The van der Waals surface area contributed by atoms with Gasteiger partial charge in [-0.05, 0) is 54.4 Å². The molecule has 0 saturated carbocycles. The van der Waals surface area contributed by atoms with Crippen LogP contribution in [0.3, 0.4) is 0 Å². The number of methoxy groups -OCH3 is 1. The minimum atomic E-state index is -0.551. The van der Waals surface area contributed by atoms with E-state index in [1.165, 1.54) is 19.2 Å². The van der Waals surface area contributed by atoms with Gasteiger partial charge in [-0.25, -0.2) is 14.0 Å². The molecule has 0 spiro atoms. The van der Waals surface area contributed by atoms with Crippen LogP contribution in [-0.2, 0) is 11.3 Å². The van der Waals surface area contributed by atoms with E-state index in [0.29, 0.717) is 36.6 Å². The van der Waals surface area contributed by atoms with Crippen LogP contribution in [0.2, 0.25) is 0 Å². The molecule has 0 aromatic heterocycles. The number of rotatable bonds is 6. The average Bonchev–Trinajstić information content (AvgIpc) is 2.86. The molecule has 1 aliphatic rings. The molecular formula is C26H24FN3O4. The molecule has 34 heavy (non-hydrogen) atoms. The van der Waals surface area contributed by atoms with Crippen molar-refractivity contribution >= 4 is 29.3 Å². The van der Waals surface area contributed by atoms with Crippen LogP contribution in [0.5, 0.6) is 0 Å². The number of esters is 1. The number of hydrogen-bond acceptors (Lipinski definition) is 4. The van der Waals surface area contributed by atoms with Gasteiger partial charge in [0.1, 0.15) is 5.82 Å². The summed E-state index contributed by atoms with van der Waals surface area (Å²) in [5, 5.41) is 2.75. The van der Waals surface area contributed by atoms with Crippen molar-refractivity contribution in [3.8, 4) is 0 Å². The minimum Gasteiger partial charge on any atom is -0.465 e. The minimum absolute atomic E-state index is 0.177. The molecule has 174 valence electrons. The highest BCUT2D eigenvalue weighted by Crippen LogP contribution is 2.24. The molecule has 3 amide bonds. The van der Waals surface area contributed by atoms with Gasteiger partial charge in [0.25, 0.3) is 5.91 Å². The lowest BCUT2D eigenvalue weighted by atomic mass is 10.1. The van der Waals surface area contributed by atoms with Gasteiger partial charge in [-0.1, -0.05) is 30.3 Å². The van der Waals surface area contributed by atoms with E-state index in [2.05, 4.69) is 5.32 Å². The molecule has 0 radical (unpaired) electrons. The largest absolute Gasteiger partial charge is 0.465 e. The van der Waals surface area contributed by atoms with Crippen LogP contribution >= 0.6 is 0 Å². The van der Waals surface area contributed by atoms with Crippen LogP contribution in [0.25, 0.3) is 0 Å². The van der Waals surface area contributed by atoms with E-state index in [0.717, 1.165) is 12.0 Å². The number of carbonyl (C=O) groups is 3. The zero-order chi connectivity index (χ0) is 24.1. The summed E-state index contributed by atoms with van der Waals surface area (Å²) in [6.45, 7) is 1.49. The number of anilines is 2. The van der Waals surface area contributed by atoms with E-state index < -0.39 is 11.9 Å². The van der Waals surface area contributed by atoms with Crippen molar-refractivity contribution in [2.24, 2.45) is 0 Å². The second-order valence-corrected chi connectivity index (χ2v) is 7.88. The quantitative estimate of drug-likeness (QED) is 0.540. The number of amides is 3. The van der Waals surface area contributed by atoms with E-state index in [1.807, 2.05) is 0 Å². The van der Waals surface area contributed by atoms with Crippen LogP contribution in [0, 0.1) is 5.82 Å². The molecule has 3 aromatic rings. The second-order valence-electron chi connectivity index (χ2n) is 7.88. The molecule has 4 rings (SSSR count). The highest BCUT2D eigenvalue weighted by atomic mass is 19.1. The van der Waals surface area contributed by atoms with Gasteiger partial charge < -0.3 is 15.0 Å². The summed E-state index contributed by atoms with van der Waals surface area (Å²) >= 11 is 0. The second kappa shape index (κ2) is 10.2. The van der Waals surface area contributed by atoms with Gasteiger partial charge in [0.2, 0.25) is 0 Å². The summed E-state index contributed by atoms with van der Waals surface area (Å²) in [5.74, 6) is -1.28. The van der Waals surface area contributed by atoms with Crippen molar-refractivity contribution in [2.45, 2.75) is 13.0 Å². The van der Waals surface area contributed by atoms with Crippen LogP contribution in [-0.4, -0.2) is 43.0 Å². The van der Waals surface area contributed by atoms with E-state index in [-0.39, 0.29) is 17.4 Å². The Hall–Kier alpha value is -4.20.